The zero-order chi connectivity index (χ0) is 15.7. The molecule has 0 radical (unpaired) electrons. The first-order valence-corrected chi connectivity index (χ1v) is 7.05. The summed E-state index contributed by atoms with van der Waals surface area (Å²) in [5.74, 6) is 3.42. The van der Waals surface area contributed by atoms with E-state index in [1.54, 1.807) is 14.2 Å². The van der Waals surface area contributed by atoms with Crippen LogP contribution >= 0.6 is 0 Å². The molecule has 1 aromatic rings. The summed E-state index contributed by atoms with van der Waals surface area (Å²) in [4.78, 5) is 0. The van der Waals surface area contributed by atoms with E-state index in [2.05, 4.69) is 0 Å². The number of benzene rings is 1. The average Bonchev–Trinajstić information content (AvgIpc) is 2.64. The van der Waals surface area contributed by atoms with E-state index < -0.39 is 0 Å². The van der Waals surface area contributed by atoms with E-state index in [0.29, 0.717) is 0 Å². The Hall–Kier alpha value is -1.46. The van der Waals surface area contributed by atoms with Crippen molar-refractivity contribution in [3.63, 3.8) is 0 Å². The Bertz CT molecular complexity index is 521. The van der Waals surface area contributed by atoms with Gasteiger partial charge in [0.15, 0.2) is 0 Å². The lowest BCUT2D eigenvalue weighted by Gasteiger charge is -2.32. The van der Waals surface area contributed by atoms with E-state index >= 15 is 0 Å². The van der Waals surface area contributed by atoms with Crippen LogP contribution in [-0.4, -0.2) is 32.5 Å². The van der Waals surface area contributed by atoms with Crippen LogP contribution in [0.5, 0.6) is 11.5 Å². The smallest absolute Gasteiger partial charge is 0.487 e. The molecule has 0 atom stereocenters. The van der Waals surface area contributed by atoms with Gasteiger partial charge in [0.2, 0.25) is 0 Å². The Balaban J connectivity index is 2.16. The zero-order valence-corrected chi connectivity index (χ0v) is 13.6. The van der Waals surface area contributed by atoms with Crippen molar-refractivity contribution in [3.8, 4) is 11.5 Å². The normalized spacial score (nSPS) is 20.0. The highest BCUT2D eigenvalue weighted by atomic mass is 16.7. The first-order valence-electron chi connectivity index (χ1n) is 7.05. The van der Waals surface area contributed by atoms with Crippen molar-refractivity contribution in [3.05, 3.63) is 29.7 Å². The Morgan fingerprint density at radius 1 is 1.00 bits per heavy atom. The van der Waals surface area contributed by atoms with Crippen LogP contribution in [0.25, 0.3) is 6.08 Å². The standard InChI is InChI=1S/C16H23BO4/c1-15(2)16(3,4)21-17(20-15)10-9-12-7-8-13(18-5)11-14(12)19-6/h7-11H,1-6H3/b10-9-. The molecule has 4 nitrogen and oxygen atoms in total. The second-order valence-electron chi connectivity index (χ2n) is 6.09. The summed E-state index contributed by atoms with van der Waals surface area (Å²) in [5.41, 5.74) is 0.297. The lowest BCUT2D eigenvalue weighted by atomic mass is 9.89. The average molecular weight is 290 g/mol. The lowest BCUT2D eigenvalue weighted by Crippen LogP contribution is -2.41. The maximum atomic E-state index is 5.93. The Morgan fingerprint density at radius 2 is 1.62 bits per heavy atom. The minimum Gasteiger partial charge on any atom is -0.497 e. The number of rotatable bonds is 4. The highest BCUT2D eigenvalue weighted by Gasteiger charge is 2.49. The van der Waals surface area contributed by atoms with E-state index in [0.717, 1.165) is 17.1 Å². The van der Waals surface area contributed by atoms with Crippen LogP contribution in [0.3, 0.4) is 0 Å². The Morgan fingerprint density at radius 3 is 2.14 bits per heavy atom. The number of ether oxygens (including phenoxy) is 2. The van der Waals surface area contributed by atoms with Crippen LogP contribution < -0.4 is 9.47 Å². The molecule has 1 aliphatic heterocycles. The summed E-state index contributed by atoms with van der Waals surface area (Å²) in [6.45, 7) is 8.15. The molecule has 1 saturated heterocycles. The Labute approximate surface area is 127 Å². The number of hydrogen-bond acceptors (Lipinski definition) is 4. The van der Waals surface area contributed by atoms with Gasteiger partial charge in [0.05, 0.1) is 25.4 Å². The third-order valence-corrected chi connectivity index (χ3v) is 4.15. The van der Waals surface area contributed by atoms with Crippen LogP contribution in [0, 0.1) is 0 Å². The summed E-state index contributed by atoms with van der Waals surface area (Å²) in [6, 6.07) is 5.69. The summed E-state index contributed by atoms with van der Waals surface area (Å²) < 4.78 is 22.4. The van der Waals surface area contributed by atoms with Crippen molar-refractivity contribution in [2.24, 2.45) is 0 Å². The van der Waals surface area contributed by atoms with Crippen LogP contribution in [0.4, 0.5) is 0 Å². The molecule has 2 rings (SSSR count). The molecule has 1 aliphatic rings. The van der Waals surface area contributed by atoms with Crippen LogP contribution in [0.15, 0.2) is 24.2 Å². The van der Waals surface area contributed by atoms with Crippen LogP contribution in [0.1, 0.15) is 33.3 Å². The predicted molar refractivity (Wildman–Crippen MR) is 84.7 cm³/mol. The molecule has 0 aliphatic carbocycles. The first-order chi connectivity index (χ1) is 9.79. The minimum atomic E-state index is -0.359. The molecule has 1 aromatic carbocycles. The fraction of sp³-hybridized carbons (Fsp3) is 0.500. The molecule has 0 N–H and O–H groups in total. The summed E-state index contributed by atoms with van der Waals surface area (Å²) in [5, 5.41) is 0. The molecule has 0 aromatic heterocycles. The maximum absolute atomic E-state index is 5.93. The van der Waals surface area contributed by atoms with Gasteiger partial charge in [-0.1, -0.05) is 12.1 Å². The zero-order valence-electron chi connectivity index (χ0n) is 13.6. The molecule has 21 heavy (non-hydrogen) atoms. The van der Waals surface area contributed by atoms with Gasteiger partial charge in [-0.05, 0) is 39.8 Å². The molecule has 0 amide bonds. The molecule has 114 valence electrons. The molecule has 0 bridgehead atoms. The summed E-state index contributed by atoms with van der Waals surface area (Å²) in [6.07, 6.45) is 1.94. The van der Waals surface area contributed by atoms with Gasteiger partial charge >= 0.3 is 7.12 Å². The fourth-order valence-corrected chi connectivity index (χ4v) is 2.11. The van der Waals surface area contributed by atoms with Gasteiger partial charge < -0.3 is 18.8 Å². The monoisotopic (exact) mass is 290 g/mol. The molecule has 0 unspecified atom stereocenters. The molecule has 5 heteroatoms. The molecular formula is C16H23BO4. The highest BCUT2D eigenvalue weighted by molar-refractivity contribution is 6.52. The number of methoxy groups -OCH3 is 2. The first kappa shape index (κ1) is 15.9. The second kappa shape index (κ2) is 5.74. The van der Waals surface area contributed by atoms with E-state index in [9.17, 15) is 0 Å². The van der Waals surface area contributed by atoms with Crippen molar-refractivity contribution in [1.82, 2.24) is 0 Å². The molecule has 1 heterocycles. The van der Waals surface area contributed by atoms with Gasteiger partial charge in [0.1, 0.15) is 11.5 Å². The van der Waals surface area contributed by atoms with Crippen molar-refractivity contribution in [2.75, 3.05) is 14.2 Å². The van der Waals surface area contributed by atoms with Gasteiger partial charge in [0, 0.05) is 11.6 Å². The quantitative estimate of drug-likeness (QED) is 0.797. The lowest BCUT2D eigenvalue weighted by molar-refractivity contribution is 0.00578. The topological polar surface area (TPSA) is 36.9 Å². The van der Waals surface area contributed by atoms with Gasteiger partial charge in [-0.3, -0.25) is 0 Å². The third-order valence-electron chi connectivity index (χ3n) is 4.15. The molecule has 1 fully saturated rings. The van der Waals surface area contributed by atoms with Crippen molar-refractivity contribution < 1.29 is 18.8 Å². The predicted octanol–water partition coefficient (Wildman–Crippen LogP) is 3.35. The molecular weight excluding hydrogens is 267 g/mol. The largest absolute Gasteiger partial charge is 0.497 e. The Kier molecular flexibility index (Phi) is 4.35. The highest BCUT2D eigenvalue weighted by Crippen LogP contribution is 2.37. The van der Waals surface area contributed by atoms with Crippen molar-refractivity contribution in [1.29, 1.82) is 0 Å². The van der Waals surface area contributed by atoms with E-state index in [1.807, 2.05) is 57.9 Å². The maximum Gasteiger partial charge on any atom is 0.487 e. The van der Waals surface area contributed by atoms with Crippen molar-refractivity contribution in [2.45, 2.75) is 38.9 Å². The molecule has 0 saturated carbocycles. The van der Waals surface area contributed by atoms with Crippen molar-refractivity contribution >= 4 is 13.2 Å². The van der Waals surface area contributed by atoms with E-state index in [-0.39, 0.29) is 18.3 Å². The third kappa shape index (κ3) is 3.25. The van der Waals surface area contributed by atoms with Gasteiger partial charge in [-0.25, -0.2) is 0 Å². The van der Waals surface area contributed by atoms with Crippen LogP contribution in [-0.2, 0) is 9.31 Å². The SMILES string of the molecule is COc1ccc(/C=C\B2OC(C)(C)C(C)(C)O2)c(OC)c1. The van der Waals surface area contributed by atoms with Crippen LogP contribution in [0.2, 0.25) is 0 Å². The van der Waals surface area contributed by atoms with E-state index in [4.69, 9.17) is 18.8 Å². The van der Waals surface area contributed by atoms with Gasteiger partial charge in [-0.2, -0.15) is 0 Å². The molecule has 0 spiro atoms. The fourth-order valence-electron chi connectivity index (χ4n) is 2.11. The van der Waals surface area contributed by atoms with Gasteiger partial charge in [0.25, 0.3) is 0 Å². The van der Waals surface area contributed by atoms with Gasteiger partial charge in [-0.15, -0.1) is 0 Å². The number of hydrogen-bond donors (Lipinski definition) is 0. The summed E-state index contributed by atoms with van der Waals surface area (Å²) in [7, 11) is 2.91. The van der Waals surface area contributed by atoms with E-state index in [1.165, 1.54) is 0 Å². The second-order valence-corrected chi connectivity index (χ2v) is 6.09. The summed E-state index contributed by atoms with van der Waals surface area (Å²) >= 11 is 0. The minimum absolute atomic E-state index is 0.327.